The van der Waals surface area contributed by atoms with E-state index in [0.717, 1.165) is 18.3 Å². The Morgan fingerprint density at radius 3 is 2.86 bits per heavy atom. The third-order valence-electron chi connectivity index (χ3n) is 4.19. The van der Waals surface area contributed by atoms with Crippen LogP contribution in [0.5, 0.6) is 0 Å². The van der Waals surface area contributed by atoms with Crippen LogP contribution in [-0.4, -0.2) is 17.6 Å². The summed E-state index contributed by atoms with van der Waals surface area (Å²) in [6.07, 6.45) is 5.35. The van der Waals surface area contributed by atoms with Gasteiger partial charge in [0.25, 0.3) is 0 Å². The molecule has 0 amide bonds. The molecule has 0 saturated heterocycles. The Morgan fingerprint density at radius 2 is 2.21 bits per heavy atom. The fourth-order valence-electron chi connectivity index (χ4n) is 3.66. The van der Waals surface area contributed by atoms with E-state index in [9.17, 15) is 4.79 Å². The van der Waals surface area contributed by atoms with Gasteiger partial charge in [0, 0.05) is 6.42 Å². The molecule has 2 aliphatic rings. The molecule has 0 heterocycles. The number of nitrogens with two attached hydrogens (primary N) is 1. The summed E-state index contributed by atoms with van der Waals surface area (Å²) in [5.41, 5.74) is 5.76. The molecule has 0 aromatic heterocycles. The minimum atomic E-state index is -0.659. The SMILES string of the molecule is NC[C@@H]1C(CC(=O)O)CC2CCCC21. The highest BCUT2D eigenvalue weighted by Gasteiger charge is 2.44. The van der Waals surface area contributed by atoms with Crippen LogP contribution in [0, 0.1) is 23.7 Å². The van der Waals surface area contributed by atoms with E-state index in [1.54, 1.807) is 0 Å². The zero-order valence-electron chi connectivity index (χ0n) is 8.48. The van der Waals surface area contributed by atoms with Gasteiger partial charge in [-0.2, -0.15) is 0 Å². The van der Waals surface area contributed by atoms with E-state index in [2.05, 4.69) is 0 Å². The first-order valence-corrected chi connectivity index (χ1v) is 5.64. The lowest BCUT2D eigenvalue weighted by Gasteiger charge is -2.21. The first-order chi connectivity index (χ1) is 6.72. The number of hydrogen-bond acceptors (Lipinski definition) is 2. The van der Waals surface area contributed by atoms with Crippen molar-refractivity contribution in [3.8, 4) is 0 Å². The molecule has 3 unspecified atom stereocenters. The molecule has 2 fully saturated rings. The summed E-state index contributed by atoms with van der Waals surface area (Å²) in [6, 6.07) is 0. The number of carboxylic acid groups (broad SMARTS) is 1. The van der Waals surface area contributed by atoms with Gasteiger partial charge in [-0.05, 0) is 43.1 Å². The quantitative estimate of drug-likeness (QED) is 0.720. The minimum absolute atomic E-state index is 0.328. The molecule has 0 aliphatic heterocycles. The second-order valence-corrected chi connectivity index (χ2v) is 4.85. The van der Waals surface area contributed by atoms with Gasteiger partial charge in [-0.3, -0.25) is 4.79 Å². The van der Waals surface area contributed by atoms with Gasteiger partial charge in [0.15, 0.2) is 0 Å². The van der Waals surface area contributed by atoms with E-state index in [1.807, 2.05) is 0 Å². The molecule has 14 heavy (non-hydrogen) atoms. The molecule has 2 rings (SSSR count). The molecule has 0 aromatic carbocycles. The highest BCUT2D eigenvalue weighted by atomic mass is 16.4. The smallest absolute Gasteiger partial charge is 0.303 e. The van der Waals surface area contributed by atoms with E-state index >= 15 is 0 Å². The Balaban J connectivity index is 2.02. The van der Waals surface area contributed by atoms with Gasteiger partial charge in [-0.25, -0.2) is 0 Å². The first kappa shape index (κ1) is 9.97. The minimum Gasteiger partial charge on any atom is -0.481 e. The van der Waals surface area contributed by atoms with E-state index in [1.165, 1.54) is 19.3 Å². The molecule has 0 aromatic rings. The predicted molar refractivity (Wildman–Crippen MR) is 53.7 cm³/mol. The number of carboxylic acids is 1. The zero-order valence-corrected chi connectivity index (χ0v) is 8.48. The average Bonchev–Trinajstić information content (AvgIpc) is 2.62. The van der Waals surface area contributed by atoms with Crippen LogP contribution in [0.4, 0.5) is 0 Å². The summed E-state index contributed by atoms with van der Waals surface area (Å²) in [5, 5.41) is 8.81. The van der Waals surface area contributed by atoms with Crippen LogP contribution in [0.15, 0.2) is 0 Å². The van der Waals surface area contributed by atoms with Crippen LogP contribution in [0.3, 0.4) is 0 Å². The molecule has 0 spiro atoms. The highest BCUT2D eigenvalue weighted by molar-refractivity contribution is 5.67. The fraction of sp³-hybridized carbons (Fsp3) is 0.909. The lowest BCUT2D eigenvalue weighted by Crippen LogP contribution is -2.25. The Kier molecular flexibility index (Phi) is 2.77. The maximum Gasteiger partial charge on any atom is 0.303 e. The number of aliphatic carboxylic acids is 1. The summed E-state index contributed by atoms with van der Waals surface area (Å²) >= 11 is 0. The van der Waals surface area contributed by atoms with Crippen LogP contribution in [0.1, 0.15) is 32.1 Å². The van der Waals surface area contributed by atoms with Crippen molar-refractivity contribution in [2.45, 2.75) is 32.1 Å². The Labute approximate surface area is 84.7 Å². The van der Waals surface area contributed by atoms with Crippen LogP contribution in [0.2, 0.25) is 0 Å². The van der Waals surface area contributed by atoms with E-state index in [0.29, 0.717) is 24.8 Å². The van der Waals surface area contributed by atoms with Crippen molar-refractivity contribution < 1.29 is 9.90 Å². The standard InChI is InChI=1S/C11H19NO2/c12-6-10-8(5-11(13)14)4-7-2-1-3-9(7)10/h7-10H,1-6,12H2,(H,13,14)/t7?,8?,9?,10-/m1/s1. The van der Waals surface area contributed by atoms with Gasteiger partial charge >= 0.3 is 5.97 Å². The third-order valence-corrected chi connectivity index (χ3v) is 4.19. The molecule has 3 N–H and O–H groups in total. The molecule has 2 saturated carbocycles. The van der Waals surface area contributed by atoms with Gasteiger partial charge in [0.05, 0.1) is 0 Å². The summed E-state index contributed by atoms with van der Waals surface area (Å²) in [6.45, 7) is 0.680. The van der Waals surface area contributed by atoms with Gasteiger partial charge in [-0.15, -0.1) is 0 Å². The molecule has 4 atom stereocenters. The van der Waals surface area contributed by atoms with Crippen LogP contribution < -0.4 is 5.73 Å². The number of rotatable bonds is 3. The molecule has 3 nitrogen and oxygen atoms in total. The third kappa shape index (κ3) is 1.65. The highest BCUT2D eigenvalue weighted by Crippen LogP contribution is 2.51. The summed E-state index contributed by atoms with van der Waals surface area (Å²) in [5.74, 6) is 1.71. The monoisotopic (exact) mass is 197 g/mol. The van der Waals surface area contributed by atoms with Gasteiger partial charge in [0.1, 0.15) is 0 Å². The topological polar surface area (TPSA) is 63.3 Å². The van der Waals surface area contributed by atoms with E-state index < -0.39 is 5.97 Å². The molecular formula is C11H19NO2. The normalized spacial score (nSPS) is 41.2. The van der Waals surface area contributed by atoms with Crippen molar-refractivity contribution in [3.05, 3.63) is 0 Å². The largest absolute Gasteiger partial charge is 0.481 e. The van der Waals surface area contributed by atoms with Crippen molar-refractivity contribution in [1.29, 1.82) is 0 Å². The van der Waals surface area contributed by atoms with Crippen LogP contribution in [0.25, 0.3) is 0 Å². The molecular weight excluding hydrogens is 178 g/mol. The summed E-state index contributed by atoms with van der Waals surface area (Å²) < 4.78 is 0. The lowest BCUT2D eigenvalue weighted by molar-refractivity contribution is -0.138. The van der Waals surface area contributed by atoms with Crippen molar-refractivity contribution in [1.82, 2.24) is 0 Å². The molecule has 2 aliphatic carbocycles. The second-order valence-electron chi connectivity index (χ2n) is 4.85. The zero-order chi connectivity index (χ0) is 10.1. The molecule has 80 valence electrons. The Bertz CT molecular complexity index is 229. The van der Waals surface area contributed by atoms with Gasteiger partial charge in [0.2, 0.25) is 0 Å². The van der Waals surface area contributed by atoms with Crippen molar-refractivity contribution in [2.75, 3.05) is 6.54 Å². The Morgan fingerprint density at radius 1 is 1.43 bits per heavy atom. The first-order valence-electron chi connectivity index (χ1n) is 5.64. The summed E-state index contributed by atoms with van der Waals surface area (Å²) in [7, 11) is 0. The van der Waals surface area contributed by atoms with Crippen LogP contribution >= 0.6 is 0 Å². The van der Waals surface area contributed by atoms with Crippen molar-refractivity contribution >= 4 is 5.97 Å². The maximum atomic E-state index is 10.7. The van der Waals surface area contributed by atoms with Crippen molar-refractivity contribution in [2.24, 2.45) is 29.4 Å². The number of hydrogen-bond donors (Lipinski definition) is 2. The predicted octanol–water partition coefficient (Wildman–Crippen LogP) is 1.47. The van der Waals surface area contributed by atoms with Gasteiger partial charge < -0.3 is 10.8 Å². The maximum absolute atomic E-state index is 10.7. The average molecular weight is 197 g/mol. The number of fused-ring (bicyclic) bond motifs is 1. The van der Waals surface area contributed by atoms with Gasteiger partial charge in [-0.1, -0.05) is 12.8 Å². The number of carbonyl (C=O) groups is 1. The van der Waals surface area contributed by atoms with E-state index in [-0.39, 0.29) is 0 Å². The van der Waals surface area contributed by atoms with Crippen LogP contribution in [-0.2, 0) is 4.79 Å². The van der Waals surface area contributed by atoms with E-state index in [4.69, 9.17) is 10.8 Å². The lowest BCUT2D eigenvalue weighted by atomic mass is 9.86. The van der Waals surface area contributed by atoms with Crippen molar-refractivity contribution in [3.63, 3.8) is 0 Å². The molecule has 3 heteroatoms. The fourth-order valence-corrected chi connectivity index (χ4v) is 3.66. The Hall–Kier alpha value is -0.570. The molecule has 0 radical (unpaired) electrons. The molecule has 0 bridgehead atoms. The summed E-state index contributed by atoms with van der Waals surface area (Å²) in [4.78, 5) is 10.7. The second kappa shape index (κ2) is 3.89.